The first-order valence-corrected chi connectivity index (χ1v) is 10.8. The fourth-order valence-corrected chi connectivity index (χ4v) is 3.27. The molecule has 1 aromatic rings. The molecular formula is C24H38N2. The van der Waals surface area contributed by atoms with Gasteiger partial charge in [0.2, 0.25) is 0 Å². The van der Waals surface area contributed by atoms with Crippen LogP contribution in [0.3, 0.4) is 0 Å². The van der Waals surface area contributed by atoms with Gasteiger partial charge >= 0.3 is 0 Å². The number of benzene rings is 1. The maximum Gasteiger partial charge on any atom is 0.0656 e. The summed E-state index contributed by atoms with van der Waals surface area (Å²) < 4.78 is 0. The minimum atomic E-state index is 0.168. The number of hydrogen-bond acceptors (Lipinski definition) is 2. The quantitative estimate of drug-likeness (QED) is 0.226. The Morgan fingerprint density at radius 1 is 0.846 bits per heavy atom. The Hall–Kier alpha value is -1.62. The molecule has 0 heterocycles. The number of rotatable bonds is 16. The molecular weight excluding hydrogens is 316 g/mol. The van der Waals surface area contributed by atoms with Crippen molar-refractivity contribution in [2.24, 2.45) is 10.9 Å². The van der Waals surface area contributed by atoms with Crippen molar-refractivity contribution in [1.29, 1.82) is 5.26 Å². The van der Waals surface area contributed by atoms with Crippen LogP contribution >= 0.6 is 0 Å². The molecule has 2 nitrogen and oxygen atoms in total. The van der Waals surface area contributed by atoms with Crippen molar-refractivity contribution in [3.8, 4) is 6.07 Å². The molecule has 0 amide bonds. The Labute approximate surface area is 161 Å². The highest BCUT2D eigenvalue weighted by molar-refractivity contribution is 5.79. The van der Waals surface area contributed by atoms with Crippen LogP contribution in [0.2, 0.25) is 0 Å². The van der Waals surface area contributed by atoms with Crippen LogP contribution in [0, 0.1) is 17.2 Å². The third kappa shape index (κ3) is 12.7. The van der Waals surface area contributed by atoms with Crippen molar-refractivity contribution < 1.29 is 0 Å². The smallest absolute Gasteiger partial charge is 0.0656 e. The highest BCUT2D eigenvalue weighted by Crippen LogP contribution is 2.16. The molecule has 2 heteroatoms. The van der Waals surface area contributed by atoms with Crippen molar-refractivity contribution in [2.75, 3.05) is 6.54 Å². The van der Waals surface area contributed by atoms with E-state index in [0.29, 0.717) is 0 Å². The maximum atomic E-state index is 9.30. The molecule has 0 aliphatic heterocycles. The van der Waals surface area contributed by atoms with E-state index in [9.17, 15) is 5.26 Å². The number of nitrogens with zero attached hydrogens (tertiary/aromatic N) is 2. The molecule has 1 aromatic carbocycles. The van der Waals surface area contributed by atoms with Crippen molar-refractivity contribution >= 4 is 6.21 Å². The van der Waals surface area contributed by atoms with Gasteiger partial charge in [0.25, 0.3) is 0 Å². The Balaban J connectivity index is 1.95. The zero-order valence-corrected chi connectivity index (χ0v) is 16.8. The Morgan fingerprint density at radius 2 is 1.42 bits per heavy atom. The first kappa shape index (κ1) is 22.4. The summed E-state index contributed by atoms with van der Waals surface area (Å²) in [5.41, 5.74) is 1.13. The second kappa shape index (κ2) is 16.8. The average Bonchev–Trinajstić information content (AvgIpc) is 2.68. The molecule has 1 rings (SSSR count). The van der Waals surface area contributed by atoms with Crippen molar-refractivity contribution in [1.82, 2.24) is 0 Å². The summed E-state index contributed by atoms with van der Waals surface area (Å²) in [4.78, 5) is 4.46. The van der Waals surface area contributed by atoms with Crippen LogP contribution in [0.15, 0.2) is 35.3 Å². The lowest BCUT2D eigenvalue weighted by molar-refractivity contribution is 0.499. The van der Waals surface area contributed by atoms with E-state index in [4.69, 9.17) is 0 Å². The van der Waals surface area contributed by atoms with Crippen LogP contribution in [0.4, 0.5) is 0 Å². The van der Waals surface area contributed by atoms with Gasteiger partial charge in [-0.25, -0.2) is 0 Å². The molecule has 0 aromatic heterocycles. The molecule has 0 spiro atoms. The Bertz CT molecular complexity index is 487. The topological polar surface area (TPSA) is 36.1 Å². The summed E-state index contributed by atoms with van der Waals surface area (Å²) in [6.45, 7) is 3.03. The normalized spacial score (nSPS) is 12.3. The van der Waals surface area contributed by atoms with Crippen LogP contribution in [-0.4, -0.2) is 12.8 Å². The van der Waals surface area contributed by atoms with Gasteiger partial charge in [0.15, 0.2) is 0 Å². The minimum Gasteiger partial charge on any atom is -0.293 e. The van der Waals surface area contributed by atoms with Gasteiger partial charge in [-0.1, -0.05) is 108 Å². The molecule has 0 aliphatic carbocycles. The summed E-state index contributed by atoms with van der Waals surface area (Å²) in [6.07, 6.45) is 18.8. The maximum absolute atomic E-state index is 9.30. The molecule has 0 saturated heterocycles. The SMILES string of the molecule is CCCCCCCCCCCCCC(C#N)CCN=Cc1ccccc1. The van der Waals surface area contributed by atoms with Gasteiger partial charge in [0.1, 0.15) is 0 Å². The van der Waals surface area contributed by atoms with E-state index >= 15 is 0 Å². The van der Waals surface area contributed by atoms with Crippen molar-refractivity contribution in [3.63, 3.8) is 0 Å². The van der Waals surface area contributed by atoms with Crippen LogP contribution in [0.5, 0.6) is 0 Å². The van der Waals surface area contributed by atoms with Gasteiger partial charge in [-0.2, -0.15) is 5.26 Å². The zero-order chi connectivity index (χ0) is 18.7. The lowest BCUT2D eigenvalue weighted by atomic mass is 9.98. The van der Waals surface area contributed by atoms with Crippen LogP contribution in [0.25, 0.3) is 0 Å². The predicted molar refractivity (Wildman–Crippen MR) is 114 cm³/mol. The van der Waals surface area contributed by atoms with Gasteiger partial charge in [0.05, 0.1) is 6.07 Å². The highest BCUT2D eigenvalue weighted by Gasteiger charge is 2.06. The summed E-state index contributed by atoms with van der Waals surface area (Å²) in [5.74, 6) is 0.168. The first-order valence-electron chi connectivity index (χ1n) is 10.8. The summed E-state index contributed by atoms with van der Waals surface area (Å²) in [5, 5.41) is 9.30. The number of unbranched alkanes of at least 4 members (excludes halogenated alkanes) is 10. The van der Waals surface area contributed by atoms with Gasteiger partial charge in [-0.3, -0.25) is 4.99 Å². The van der Waals surface area contributed by atoms with Crippen LogP contribution < -0.4 is 0 Å². The van der Waals surface area contributed by atoms with Crippen LogP contribution in [0.1, 0.15) is 96.0 Å². The lowest BCUT2D eigenvalue weighted by Crippen LogP contribution is -2.00. The number of hydrogen-bond donors (Lipinski definition) is 0. The van der Waals surface area contributed by atoms with E-state index in [-0.39, 0.29) is 5.92 Å². The molecule has 1 atom stereocenters. The van der Waals surface area contributed by atoms with E-state index < -0.39 is 0 Å². The monoisotopic (exact) mass is 354 g/mol. The highest BCUT2D eigenvalue weighted by atomic mass is 14.7. The van der Waals surface area contributed by atoms with Gasteiger partial charge in [-0.05, 0) is 18.4 Å². The summed E-state index contributed by atoms with van der Waals surface area (Å²) in [7, 11) is 0. The van der Waals surface area contributed by atoms with Gasteiger partial charge in [0, 0.05) is 18.7 Å². The number of aliphatic imine (C=N–C) groups is 1. The van der Waals surface area contributed by atoms with E-state index in [1.807, 2.05) is 24.4 Å². The van der Waals surface area contributed by atoms with E-state index in [1.165, 1.54) is 70.6 Å². The fraction of sp³-hybridized carbons (Fsp3) is 0.667. The lowest BCUT2D eigenvalue weighted by Gasteiger charge is -2.07. The Kier molecular flexibility index (Phi) is 14.5. The molecule has 0 aliphatic rings. The van der Waals surface area contributed by atoms with E-state index in [1.54, 1.807) is 0 Å². The largest absolute Gasteiger partial charge is 0.293 e. The molecule has 144 valence electrons. The van der Waals surface area contributed by atoms with Gasteiger partial charge < -0.3 is 0 Å². The summed E-state index contributed by atoms with van der Waals surface area (Å²) >= 11 is 0. The number of nitriles is 1. The standard InChI is InChI=1S/C24H38N2/c1-2-3-4-5-6-7-8-9-10-11-13-16-23(21-25)19-20-26-22-24-17-14-12-15-18-24/h12,14-15,17-18,22-23H,2-11,13,16,19-20H2,1H3. The molecule has 1 unspecified atom stereocenters. The minimum absolute atomic E-state index is 0.168. The van der Waals surface area contributed by atoms with E-state index in [2.05, 4.69) is 30.1 Å². The molecule has 0 bridgehead atoms. The van der Waals surface area contributed by atoms with Crippen molar-refractivity contribution in [3.05, 3.63) is 35.9 Å². The average molecular weight is 355 g/mol. The Morgan fingerprint density at radius 3 is 2.00 bits per heavy atom. The second-order valence-electron chi connectivity index (χ2n) is 7.38. The zero-order valence-electron chi connectivity index (χ0n) is 16.8. The third-order valence-electron chi connectivity index (χ3n) is 4.99. The summed E-state index contributed by atoms with van der Waals surface area (Å²) in [6, 6.07) is 12.6. The van der Waals surface area contributed by atoms with Gasteiger partial charge in [-0.15, -0.1) is 0 Å². The molecule has 26 heavy (non-hydrogen) atoms. The van der Waals surface area contributed by atoms with E-state index in [0.717, 1.165) is 24.9 Å². The fourth-order valence-electron chi connectivity index (χ4n) is 3.27. The molecule has 0 N–H and O–H groups in total. The second-order valence-corrected chi connectivity index (χ2v) is 7.38. The van der Waals surface area contributed by atoms with Crippen LogP contribution in [-0.2, 0) is 0 Å². The predicted octanol–water partition coefficient (Wildman–Crippen LogP) is 7.34. The third-order valence-corrected chi connectivity index (χ3v) is 4.99. The molecule has 0 radical (unpaired) electrons. The molecule has 0 saturated carbocycles. The first-order chi connectivity index (χ1) is 12.9. The van der Waals surface area contributed by atoms with Crippen molar-refractivity contribution in [2.45, 2.75) is 90.4 Å². The molecule has 0 fully saturated rings.